The molecule has 2 aromatic rings. The van der Waals surface area contributed by atoms with Crippen LogP contribution in [0.2, 0.25) is 0 Å². The summed E-state index contributed by atoms with van der Waals surface area (Å²) in [5.41, 5.74) is 3.99. The first-order chi connectivity index (χ1) is 9.88. The molecule has 1 aliphatic heterocycles. The molecule has 0 spiro atoms. The number of ether oxygens (including phenoxy) is 1. The Labute approximate surface area is 133 Å². The molecule has 2 unspecified atom stereocenters. The van der Waals surface area contributed by atoms with Crippen molar-refractivity contribution < 1.29 is 22.0 Å². The topological polar surface area (TPSA) is 13.7 Å². The summed E-state index contributed by atoms with van der Waals surface area (Å²) in [5, 5.41) is 0. The maximum absolute atomic E-state index is 6.21. The Balaban J connectivity index is 0.00000161. The van der Waals surface area contributed by atoms with Crippen LogP contribution in [0.5, 0.6) is 0 Å². The molecule has 0 aromatic heterocycles. The fourth-order valence-corrected chi connectivity index (χ4v) is 2.92. The average Bonchev–Trinajstić information content (AvgIpc) is 2.49. The summed E-state index contributed by atoms with van der Waals surface area (Å²) in [4.78, 5) is 1.59. The summed E-state index contributed by atoms with van der Waals surface area (Å²) >= 11 is 0. The fourth-order valence-electron chi connectivity index (χ4n) is 2.92. The largest absolute Gasteiger partial charge is 1.00 e. The highest BCUT2D eigenvalue weighted by Crippen LogP contribution is 2.28. The normalized spacial score (nSPS) is 21.6. The summed E-state index contributed by atoms with van der Waals surface area (Å²) in [6.07, 6.45) is 0.0748. The van der Waals surface area contributed by atoms with E-state index in [2.05, 4.69) is 61.5 Å². The predicted molar refractivity (Wildman–Crippen MR) is 80.8 cm³/mol. The Morgan fingerprint density at radius 1 is 1.05 bits per heavy atom. The smallest absolute Gasteiger partial charge is 0.108 e. The van der Waals surface area contributed by atoms with Gasteiger partial charge < -0.3 is 22.0 Å². The molecule has 1 heterocycles. The minimum Gasteiger partial charge on any atom is -1.00 e. The number of nitrogens with one attached hydrogen (secondary N) is 1. The molecule has 0 radical (unpaired) electrons. The molecule has 3 heteroatoms. The maximum atomic E-state index is 6.21. The van der Waals surface area contributed by atoms with Gasteiger partial charge in [0.25, 0.3) is 0 Å². The van der Waals surface area contributed by atoms with Crippen molar-refractivity contribution in [3.63, 3.8) is 0 Å². The van der Waals surface area contributed by atoms with Gasteiger partial charge in [0.2, 0.25) is 0 Å². The Bertz CT molecular complexity index is 558. The molecule has 3 rings (SSSR count). The van der Waals surface area contributed by atoms with Crippen LogP contribution in [0.25, 0.3) is 0 Å². The predicted octanol–water partition coefficient (Wildman–Crippen LogP) is -0.785. The third-order valence-corrected chi connectivity index (χ3v) is 4.12. The quantitative estimate of drug-likeness (QED) is 0.768. The monoisotopic (exact) mass is 303 g/mol. The van der Waals surface area contributed by atoms with Crippen molar-refractivity contribution >= 4 is 0 Å². The molecule has 21 heavy (non-hydrogen) atoms. The lowest BCUT2D eigenvalue weighted by molar-refractivity contribution is -0.913. The van der Waals surface area contributed by atoms with Crippen LogP contribution in [-0.4, -0.2) is 19.7 Å². The lowest BCUT2D eigenvalue weighted by Crippen LogP contribution is -3.11. The van der Waals surface area contributed by atoms with Crippen molar-refractivity contribution in [2.45, 2.75) is 19.6 Å². The van der Waals surface area contributed by atoms with Crippen molar-refractivity contribution in [1.29, 1.82) is 0 Å². The SMILES string of the molecule is CC[NH+]1CCOC(c2ccccc2)c2ccccc2C1.[Cl-]. The first-order valence-corrected chi connectivity index (χ1v) is 7.46. The molecule has 0 amide bonds. The number of likely N-dealkylation sites (N-methyl/N-ethyl adjacent to an activating group) is 1. The van der Waals surface area contributed by atoms with Gasteiger partial charge in [0, 0.05) is 5.56 Å². The van der Waals surface area contributed by atoms with Gasteiger partial charge >= 0.3 is 0 Å². The van der Waals surface area contributed by atoms with Gasteiger partial charge in [-0.3, -0.25) is 0 Å². The number of fused-ring (bicyclic) bond motifs is 1. The minimum atomic E-state index is 0. The van der Waals surface area contributed by atoms with E-state index in [4.69, 9.17) is 4.74 Å². The van der Waals surface area contributed by atoms with E-state index < -0.39 is 0 Å². The van der Waals surface area contributed by atoms with E-state index in [1.165, 1.54) is 16.7 Å². The van der Waals surface area contributed by atoms with E-state index in [-0.39, 0.29) is 18.5 Å². The van der Waals surface area contributed by atoms with Crippen LogP contribution in [-0.2, 0) is 11.3 Å². The van der Waals surface area contributed by atoms with Gasteiger partial charge in [-0.25, -0.2) is 0 Å². The summed E-state index contributed by atoms with van der Waals surface area (Å²) in [7, 11) is 0. The van der Waals surface area contributed by atoms with Crippen molar-refractivity contribution in [3.05, 3.63) is 71.3 Å². The summed E-state index contributed by atoms with van der Waals surface area (Å²) < 4.78 is 6.21. The molecular weight excluding hydrogens is 282 g/mol. The third-order valence-electron chi connectivity index (χ3n) is 4.12. The van der Waals surface area contributed by atoms with Gasteiger partial charge in [0.05, 0.1) is 13.2 Å². The van der Waals surface area contributed by atoms with Crippen LogP contribution < -0.4 is 17.3 Å². The number of benzene rings is 2. The van der Waals surface area contributed by atoms with E-state index in [9.17, 15) is 0 Å². The van der Waals surface area contributed by atoms with Crippen molar-refractivity contribution in [3.8, 4) is 0 Å². The van der Waals surface area contributed by atoms with Gasteiger partial charge in [0.1, 0.15) is 19.2 Å². The van der Waals surface area contributed by atoms with Crippen LogP contribution in [0.4, 0.5) is 0 Å². The molecule has 1 N–H and O–H groups in total. The average molecular weight is 304 g/mol. The van der Waals surface area contributed by atoms with E-state index >= 15 is 0 Å². The second-order valence-electron chi connectivity index (χ2n) is 5.39. The number of halogens is 1. The van der Waals surface area contributed by atoms with Gasteiger partial charge in [-0.15, -0.1) is 0 Å². The lowest BCUT2D eigenvalue weighted by Gasteiger charge is -2.28. The van der Waals surface area contributed by atoms with Gasteiger partial charge in [-0.1, -0.05) is 54.6 Å². The van der Waals surface area contributed by atoms with Gasteiger partial charge in [-0.05, 0) is 18.1 Å². The van der Waals surface area contributed by atoms with E-state index in [0.29, 0.717) is 0 Å². The molecule has 2 nitrogen and oxygen atoms in total. The Morgan fingerprint density at radius 2 is 1.76 bits per heavy atom. The van der Waals surface area contributed by atoms with Crippen LogP contribution >= 0.6 is 0 Å². The molecule has 2 aromatic carbocycles. The molecule has 0 aliphatic carbocycles. The first kappa shape index (κ1) is 16.0. The zero-order chi connectivity index (χ0) is 13.8. The van der Waals surface area contributed by atoms with Crippen LogP contribution in [0.1, 0.15) is 29.7 Å². The molecular formula is C18H22ClNO. The standard InChI is InChI=1S/C18H21NO.ClH/c1-2-19-12-13-20-18(15-8-4-3-5-9-15)17-11-7-6-10-16(17)14-19;/h3-11,18H,2,12-14H2,1H3;1H. The zero-order valence-corrected chi connectivity index (χ0v) is 13.1. The van der Waals surface area contributed by atoms with Crippen LogP contribution in [0, 0.1) is 0 Å². The molecule has 2 atom stereocenters. The van der Waals surface area contributed by atoms with Crippen LogP contribution in [0.3, 0.4) is 0 Å². The summed E-state index contributed by atoms with van der Waals surface area (Å²) in [6, 6.07) is 19.3. The van der Waals surface area contributed by atoms with Crippen molar-refractivity contribution in [2.24, 2.45) is 0 Å². The van der Waals surface area contributed by atoms with Gasteiger partial charge in [-0.2, -0.15) is 0 Å². The highest BCUT2D eigenvalue weighted by Gasteiger charge is 2.23. The lowest BCUT2D eigenvalue weighted by atomic mass is 9.95. The maximum Gasteiger partial charge on any atom is 0.108 e. The Kier molecular flexibility index (Phi) is 5.80. The van der Waals surface area contributed by atoms with Crippen LogP contribution in [0.15, 0.2) is 54.6 Å². The molecule has 0 saturated carbocycles. The molecule has 112 valence electrons. The zero-order valence-electron chi connectivity index (χ0n) is 12.4. The van der Waals surface area contributed by atoms with Crippen molar-refractivity contribution in [1.82, 2.24) is 0 Å². The molecule has 0 saturated heterocycles. The number of quaternary nitrogens is 1. The summed E-state index contributed by atoms with van der Waals surface area (Å²) in [6.45, 7) is 6.38. The summed E-state index contributed by atoms with van der Waals surface area (Å²) in [5.74, 6) is 0. The Hall–Kier alpha value is -1.35. The van der Waals surface area contributed by atoms with E-state index in [1.54, 1.807) is 4.90 Å². The molecule has 0 bridgehead atoms. The second kappa shape index (κ2) is 7.60. The molecule has 0 fully saturated rings. The second-order valence-corrected chi connectivity index (χ2v) is 5.39. The number of rotatable bonds is 2. The number of hydrogen-bond donors (Lipinski definition) is 1. The minimum absolute atomic E-state index is 0. The highest BCUT2D eigenvalue weighted by atomic mass is 35.5. The van der Waals surface area contributed by atoms with Crippen molar-refractivity contribution in [2.75, 3.05) is 19.7 Å². The number of hydrogen-bond acceptors (Lipinski definition) is 1. The fraction of sp³-hybridized carbons (Fsp3) is 0.333. The Morgan fingerprint density at radius 3 is 2.52 bits per heavy atom. The van der Waals surface area contributed by atoms with Gasteiger partial charge in [0.15, 0.2) is 0 Å². The van der Waals surface area contributed by atoms with E-state index in [1.807, 2.05) is 0 Å². The van der Waals surface area contributed by atoms with E-state index in [0.717, 1.165) is 26.2 Å². The molecule has 1 aliphatic rings. The highest BCUT2D eigenvalue weighted by molar-refractivity contribution is 5.36. The first-order valence-electron chi connectivity index (χ1n) is 7.46. The third kappa shape index (κ3) is 3.65.